The van der Waals surface area contributed by atoms with Gasteiger partial charge in [0.25, 0.3) is 5.91 Å². The van der Waals surface area contributed by atoms with Gasteiger partial charge in [-0.15, -0.1) is 0 Å². The van der Waals surface area contributed by atoms with Crippen LogP contribution in [-0.2, 0) is 9.53 Å². The first-order valence-corrected chi connectivity index (χ1v) is 10.4. The number of amides is 1. The fourth-order valence-electron chi connectivity index (χ4n) is 2.90. The Balaban J connectivity index is 1.66. The third kappa shape index (κ3) is 5.41. The summed E-state index contributed by atoms with van der Waals surface area (Å²) >= 11 is 6.31. The molecule has 170 valence electrons. The van der Waals surface area contributed by atoms with Crippen LogP contribution in [0.15, 0.2) is 48.8 Å². The zero-order chi connectivity index (χ0) is 23.4. The van der Waals surface area contributed by atoms with Crippen molar-refractivity contribution >= 4 is 34.4 Å². The molecule has 1 aromatic carbocycles. The van der Waals surface area contributed by atoms with E-state index in [0.29, 0.717) is 27.4 Å². The SMILES string of the molecule is CC(C)OCC(Oc1nc(-c2ccccc2Cl)nc2[nH]ncc12)C(=O)Nc1ccc(F)cn1. The van der Waals surface area contributed by atoms with Gasteiger partial charge in [-0.05, 0) is 38.1 Å². The van der Waals surface area contributed by atoms with E-state index in [1.54, 1.807) is 18.2 Å². The maximum atomic E-state index is 13.2. The Bertz CT molecular complexity index is 1260. The van der Waals surface area contributed by atoms with E-state index < -0.39 is 17.8 Å². The first-order chi connectivity index (χ1) is 15.9. The van der Waals surface area contributed by atoms with Gasteiger partial charge in [0.05, 0.1) is 30.1 Å². The lowest BCUT2D eigenvalue weighted by atomic mass is 10.2. The highest BCUT2D eigenvalue weighted by Crippen LogP contribution is 2.30. The predicted molar refractivity (Wildman–Crippen MR) is 120 cm³/mol. The first kappa shape index (κ1) is 22.6. The molecule has 2 N–H and O–H groups in total. The normalized spacial score (nSPS) is 12.2. The van der Waals surface area contributed by atoms with Crippen molar-refractivity contribution < 1.29 is 18.7 Å². The highest BCUT2D eigenvalue weighted by molar-refractivity contribution is 6.33. The van der Waals surface area contributed by atoms with E-state index in [2.05, 4.69) is 30.5 Å². The first-order valence-electron chi connectivity index (χ1n) is 10.1. The van der Waals surface area contributed by atoms with Crippen molar-refractivity contribution in [2.24, 2.45) is 0 Å². The van der Waals surface area contributed by atoms with Crippen LogP contribution >= 0.6 is 11.6 Å². The summed E-state index contributed by atoms with van der Waals surface area (Å²) < 4.78 is 24.8. The van der Waals surface area contributed by atoms with Crippen LogP contribution in [0.4, 0.5) is 10.2 Å². The van der Waals surface area contributed by atoms with Crippen LogP contribution in [0.5, 0.6) is 5.88 Å². The molecule has 0 radical (unpaired) electrons. The molecule has 9 nitrogen and oxygen atoms in total. The van der Waals surface area contributed by atoms with Gasteiger partial charge in [-0.1, -0.05) is 23.7 Å². The van der Waals surface area contributed by atoms with Crippen LogP contribution in [0.25, 0.3) is 22.4 Å². The van der Waals surface area contributed by atoms with E-state index in [-0.39, 0.29) is 24.4 Å². The van der Waals surface area contributed by atoms with Gasteiger partial charge in [-0.25, -0.2) is 14.4 Å². The van der Waals surface area contributed by atoms with Crippen LogP contribution in [0.3, 0.4) is 0 Å². The summed E-state index contributed by atoms with van der Waals surface area (Å²) in [6, 6.07) is 9.65. The maximum Gasteiger partial charge on any atom is 0.269 e. The van der Waals surface area contributed by atoms with E-state index in [9.17, 15) is 9.18 Å². The molecule has 0 aliphatic carbocycles. The molecule has 0 fully saturated rings. The number of hydrogen-bond donors (Lipinski definition) is 2. The molecule has 1 atom stereocenters. The number of ether oxygens (including phenoxy) is 2. The number of fused-ring (bicyclic) bond motifs is 1. The summed E-state index contributed by atoms with van der Waals surface area (Å²) in [7, 11) is 0. The predicted octanol–water partition coefficient (Wildman–Crippen LogP) is 4.02. The maximum absolute atomic E-state index is 13.2. The van der Waals surface area contributed by atoms with E-state index in [1.165, 1.54) is 18.3 Å². The zero-order valence-corrected chi connectivity index (χ0v) is 18.5. The summed E-state index contributed by atoms with van der Waals surface area (Å²) in [6.07, 6.45) is 1.27. The number of anilines is 1. The Morgan fingerprint density at radius 1 is 1.18 bits per heavy atom. The molecule has 1 amide bonds. The Morgan fingerprint density at radius 3 is 2.73 bits per heavy atom. The minimum absolute atomic E-state index is 0.0601. The summed E-state index contributed by atoms with van der Waals surface area (Å²) in [5.74, 6) is -0.448. The molecule has 0 aliphatic heterocycles. The van der Waals surface area contributed by atoms with Crippen molar-refractivity contribution in [3.63, 3.8) is 0 Å². The monoisotopic (exact) mass is 470 g/mol. The van der Waals surface area contributed by atoms with Crippen molar-refractivity contribution in [2.75, 3.05) is 11.9 Å². The van der Waals surface area contributed by atoms with Crippen LogP contribution in [0, 0.1) is 5.82 Å². The van der Waals surface area contributed by atoms with Crippen molar-refractivity contribution in [2.45, 2.75) is 26.1 Å². The molecule has 33 heavy (non-hydrogen) atoms. The minimum atomic E-state index is -1.09. The van der Waals surface area contributed by atoms with Gasteiger partial charge < -0.3 is 14.8 Å². The molecule has 1 unspecified atom stereocenters. The Kier molecular flexibility index (Phi) is 6.76. The zero-order valence-electron chi connectivity index (χ0n) is 17.8. The number of rotatable bonds is 8. The summed E-state index contributed by atoms with van der Waals surface area (Å²) in [6.45, 7) is 3.62. The molecule has 0 spiro atoms. The van der Waals surface area contributed by atoms with Crippen LogP contribution in [0.1, 0.15) is 13.8 Å². The molecule has 4 aromatic rings. The molecule has 4 rings (SSSR count). The Hall–Kier alpha value is -3.63. The van der Waals surface area contributed by atoms with E-state index in [4.69, 9.17) is 21.1 Å². The standard InChI is InChI=1S/C22H20ClFN6O3/c1-12(2)32-11-17(21(31)27-18-8-7-13(24)9-25-18)33-22-15-10-26-30-20(15)28-19(29-22)14-5-3-4-6-16(14)23/h3-10,12,17H,11H2,1-2H3,(H,25,27,31)(H,26,28,29,30). The lowest BCUT2D eigenvalue weighted by Gasteiger charge is -2.20. The topological polar surface area (TPSA) is 115 Å². The number of carbonyl (C=O) groups is 1. The number of benzene rings is 1. The van der Waals surface area contributed by atoms with Crippen LogP contribution < -0.4 is 10.1 Å². The second-order valence-corrected chi connectivity index (χ2v) is 7.71. The molecule has 11 heteroatoms. The van der Waals surface area contributed by atoms with E-state index >= 15 is 0 Å². The van der Waals surface area contributed by atoms with Crippen molar-refractivity contribution in [3.05, 3.63) is 59.6 Å². The van der Waals surface area contributed by atoms with Crippen molar-refractivity contribution in [1.82, 2.24) is 25.1 Å². The summed E-state index contributed by atoms with van der Waals surface area (Å²) in [4.78, 5) is 25.8. The molecule has 3 aromatic heterocycles. The molecule has 3 heterocycles. The Morgan fingerprint density at radius 2 is 2.00 bits per heavy atom. The smallest absolute Gasteiger partial charge is 0.269 e. The summed E-state index contributed by atoms with van der Waals surface area (Å²) in [5, 5.41) is 10.3. The average Bonchev–Trinajstić information content (AvgIpc) is 3.27. The molecule has 0 aliphatic rings. The van der Waals surface area contributed by atoms with Gasteiger partial charge in [-0.3, -0.25) is 9.89 Å². The third-order valence-corrected chi connectivity index (χ3v) is 4.83. The lowest BCUT2D eigenvalue weighted by molar-refractivity contribution is -0.126. The minimum Gasteiger partial charge on any atom is -0.461 e. The third-order valence-electron chi connectivity index (χ3n) is 4.50. The van der Waals surface area contributed by atoms with Gasteiger partial charge in [-0.2, -0.15) is 10.1 Å². The fraction of sp³-hybridized carbons (Fsp3) is 0.227. The Labute approximate surface area is 193 Å². The van der Waals surface area contributed by atoms with Gasteiger partial charge >= 0.3 is 0 Å². The van der Waals surface area contributed by atoms with Gasteiger partial charge in [0.2, 0.25) is 12.0 Å². The highest BCUT2D eigenvalue weighted by Gasteiger charge is 2.25. The van der Waals surface area contributed by atoms with Crippen LogP contribution in [0.2, 0.25) is 5.02 Å². The largest absolute Gasteiger partial charge is 0.461 e. The lowest BCUT2D eigenvalue weighted by Crippen LogP contribution is -2.38. The van der Waals surface area contributed by atoms with Gasteiger partial charge in [0.15, 0.2) is 11.5 Å². The second-order valence-electron chi connectivity index (χ2n) is 7.30. The number of aromatic amines is 1. The number of carbonyl (C=O) groups excluding carboxylic acids is 1. The highest BCUT2D eigenvalue weighted by atomic mass is 35.5. The van der Waals surface area contributed by atoms with Crippen molar-refractivity contribution in [1.29, 1.82) is 0 Å². The summed E-state index contributed by atoms with van der Waals surface area (Å²) in [5.41, 5.74) is 1.01. The van der Waals surface area contributed by atoms with Crippen molar-refractivity contribution in [3.8, 4) is 17.3 Å². The van der Waals surface area contributed by atoms with E-state index in [0.717, 1.165) is 6.20 Å². The molecular formula is C22H20ClFN6O3. The molecular weight excluding hydrogens is 451 g/mol. The second kappa shape index (κ2) is 9.88. The quantitative estimate of drug-likeness (QED) is 0.399. The van der Waals surface area contributed by atoms with Gasteiger partial charge in [0, 0.05) is 5.56 Å². The van der Waals surface area contributed by atoms with E-state index in [1.807, 2.05) is 19.9 Å². The molecule has 0 saturated heterocycles. The number of nitrogens with one attached hydrogen (secondary N) is 2. The number of halogens is 2. The number of nitrogens with zero attached hydrogens (tertiary/aromatic N) is 4. The average molecular weight is 471 g/mol. The number of pyridine rings is 1. The number of H-pyrrole nitrogens is 1. The fourth-order valence-corrected chi connectivity index (χ4v) is 3.12. The number of aromatic nitrogens is 5. The number of hydrogen-bond acceptors (Lipinski definition) is 7. The van der Waals surface area contributed by atoms with Gasteiger partial charge in [0.1, 0.15) is 17.0 Å². The molecule has 0 bridgehead atoms. The molecule has 0 saturated carbocycles. The van der Waals surface area contributed by atoms with Crippen LogP contribution in [-0.4, -0.2) is 49.9 Å².